The van der Waals surface area contributed by atoms with Crippen LogP contribution in [0.25, 0.3) is 16.8 Å². The topological polar surface area (TPSA) is 75.3 Å². The molecule has 36 heavy (non-hydrogen) atoms. The summed E-state index contributed by atoms with van der Waals surface area (Å²) in [7, 11) is 0. The minimum atomic E-state index is -1.11. The second kappa shape index (κ2) is 10.2. The van der Waals surface area contributed by atoms with Crippen LogP contribution in [0.5, 0.6) is 5.75 Å². The molecule has 0 bridgehead atoms. The highest BCUT2D eigenvalue weighted by Crippen LogP contribution is 2.29. The first kappa shape index (κ1) is 25.0. The van der Waals surface area contributed by atoms with Gasteiger partial charge in [0.2, 0.25) is 0 Å². The molecule has 0 aliphatic carbocycles. The van der Waals surface area contributed by atoms with Gasteiger partial charge in [-0.25, -0.2) is 18.8 Å². The lowest BCUT2D eigenvalue weighted by molar-refractivity contribution is -0.158. The number of aryl methyl sites for hydroxylation is 2. The molecule has 0 spiro atoms. The molecule has 0 aliphatic rings. The Bertz CT molecular complexity index is 1390. The standard InChI is InChI=1S/C29H31N3O4/c1-6-35-27(33)29(4,5)36-26-20(2)16-22(17-21(26)3)18-32-28(34)31(19-30-32)25-14-12-24(13-15-25)23-10-8-7-9-11-23/h7-17,19H,6,18H2,1-5H3. The van der Waals surface area contributed by atoms with E-state index < -0.39 is 11.6 Å². The first-order valence-electron chi connectivity index (χ1n) is 12.0. The molecule has 4 rings (SSSR count). The molecule has 0 saturated carbocycles. The Kier molecular flexibility index (Phi) is 7.10. The van der Waals surface area contributed by atoms with Crippen LogP contribution in [0.2, 0.25) is 0 Å². The van der Waals surface area contributed by atoms with Crippen molar-refractivity contribution >= 4 is 5.97 Å². The summed E-state index contributed by atoms with van der Waals surface area (Å²) in [5.74, 6) is 0.218. The van der Waals surface area contributed by atoms with Crippen LogP contribution in [0.3, 0.4) is 0 Å². The minimum absolute atomic E-state index is 0.221. The Morgan fingerprint density at radius 2 is 1.56 bits per heavy atom. The molecular formula is C29H31N3O4. The first-order valence-corrected chi connectivity index (χ1v) is 12.0. The molecule has 0 N–H and O–H groups in total. The predicted octanol–water partition coefficient (Wildman–Crippen LogP) is 5.09. The van der Waals surface area contributed by atoms with E-state index in [2.05, 4.69) is 17.2 Å². The van der Waals surface area contributed by atoms with Crippen molar-refractivity contribution in [1.29, 1.82) is 0 Å². The Balaban J connectivity index is 1.53. The van der Waals surface area contributed by atoms with Crippen molar-refractivity contribution in [3.63, 3.8) is 0 Å². The number of rotatable bonds is 8. The van der Waals surface area contributed by atoms with Gasteiger partial charge in [0.25, 0.3) is 0 Å². The van der Waals surface area contributed by atoms with E-state index in [-0.39, 0.29) is 5.69 Å². The Morgan fingerprint density at radius 3 is 2.17 bits per heavy atom. The van der Waals surface area contributed by atoms with E-state index in [1.54, 1.807) is 27.1 Å². The summed E-state index contributed by atoms with van der Waals surface area (Å²) < 4.78 is 14.1. The molecule has 0 amide bonds. The van der Waals surface area contributed by atoms with E-state index in [1.165, 1.54) is 9.25 Å². The summed E-state index contributed by atoms with van der Waals surface area (Å²) in [4.78, 5) is 25.3. The molecule has 7 heteroatoms. The third kappa shape index (κ3) is 5.25. The van der Waals surface area contributed by atoms with E-state index in [0.717, 1.165) is 33.5 Å². The molecule has 1 aromatic heterocycles. The van der Waals surface area contributed by atoms with E-state index in [4.69, 9.17) is 9.47 Å². The predicted molar refractivity (Wildman–Crippen MR) is 140 cm³/mol. The van der Waals surface area contributed by atoms with Crippen molar-refractivity contribution in [2.45, 2.75) is 46.8 Å². The molecule has 0 radical (unpaired) electrons. The highest BCUT2D eigenvalue weighted by Gasteiger charge is 2.32. The number of hydrogen-bond acceptors (Lipinski definition) is 5. The van der Waals surface area contributed by atoms with Crippen LogP contribution in [0.4, 0.5) is 0 Å². The fraction of sp³-hybridized carbons (Fsp3) is 0.276. The summed E-state index contributed by atoms with van der Waals surface area (Å²) in [5.41, 5.74) is 4.27. The van der Waals surface area contributed by atoms with Crippen molar-refractivity contribution < 1.29 is 14.3 Å². The van der Waals surface area contributed by atoms with Crippen LogP contribution in [0, 0.1) is 13.8 Å². The highest BCUT2D eigenvalue weighted by atomic mass is 16.6. The molecular weight excluding hydrogens is 454 g/mol. The lowest BCUT2D eigenvalue weighted by atomic mass is 10.0. The van der Waals surface area contributed by atoms with Crippen LogP contribution in [-0.4, -0.2) is 32.5 Å². The maximum Gasteiger partial charge on any atom is 0.350 e. The number of carbonyl (C=O) groups is 1. The van der Waals surface area contributed by atoms with Gasteiger partial charge in [0, 0.05) is 0 Å². The Labute approximate surface area is 210 Å². The number of benzene rings is 3. The summed E-state index contributed by atoms with van der Waals surface area (Å²) in [6.07, 6.45) is 1.54. The van der Waals surface area contributed by atoms with Gasteiger partial charge in [0.05, 0.1) is 18.8 Å². The second-order valence-corrected chi connectivity index (χ2v) is 9.25. The minimum Gasteiger partial charge on any atom is -0.476 e. The molecule has 0 fully saturated rings. The molecule has 186 valence electrons. The van der Waals surface area contributed by atoms with E-state index in [0.29, 0.717) is 18.9 Å². The van der Waals surface area contributed by atoms with E-state index >= 15 is 0 Å². The molecule has 0 saturated heterocycles. The van der Waals surface area contributed by atoms with Crippen molar-refractivity contribution in [2.24, 2.45) is 0 Å². The largest absolute Gasteiger partial charge is 0.476 e. The average Bonchev–Trinajstić information content (AvgIpc) is 3.22. The van der Waals surface area contributed by atoms with Gasteiger partial charge in [-0.1, -0.05) is 54.6 Å². The lowest BCUT2D eigenvalue weighted by Crippen LogP contribution is -2.40. The van der Waals surface area contributed by atoms with Crippen molar-refractivity contribution in [3.05, 3.63) is 100 Å². The van der Waals surface area contributed by atoms with Gasteiger partial charge in [0.15, 0.2) is 5.60 Å². The van der Waals surface area contributed by atoms with Gasteiger partial charge in [-0.15, -0.1) is 0 Å². The average molecular weight is 486 g/mol. The number of carbonyl (C=O) groups excluding carboxylic acids is 1. The van der Waals surface area contributed by atoms with Gasteiger partial charge >= 0.3 is 11.7 Å². The van der Waals surface area contributed by atoms with Crippen LogP contribution in [-0.2, 0) is 16.1 Å². The maximum atomic E-state index is 13.1. The smallest absolute Gasteiger partial charge is 0.350 e. The zero-order chi connectivity index (χ0) is 25.9. The summed E-state index contributed by atoms with van der Waals surface area (Å²) in [5, 5.41) is 4.33. The fourth-order valence-corrected chi connectivity index (χ4v) is 4.13. The second-order valence-electron chi connectivity index (χ2n) is 9.25. The van der Waals surface area contributed by atoms with Crippen molar-refractivity contribution in [3.8, 4) is 22.6 Å². The van der Waals surface area contributed by atoms with Gasteiger partial charge in [0.1, 0.15) is 12.1 Å². The van der Waals surface area contributed by atoms with Gasteiger partial charge in [-0.05, 0) is 74.6 Å². The van der Waals surface area contributed by atoms with Crippen molar-refractivity contribution in [1.82, 2.24) is 14.3 Å². The van der Waals surface area contributed by atoms with E-state index in [1.807, 2.05) is 68.4 Å². The van der Waals surface area contributed by atoms with Gasteiger partial charge in [-0.2, -0.15) is 5.10 Å². The molecule has 1 heterocycles. The van der Waals surface area contributed by atoms with Crippen LogP contribution < -0.4 is 10.4 Å². The molecule has 0 atom stereocenters. The highest BCUT2D eigenvalue weighted by molar-refractivity contribution is 5.79. The Morgan fingerprint density at radius 1 is 0.944 bits per heavy atom. The fourth-order valence-electron chi connectivity index (χ4n) is 4.13. The van der Waals surface area contributed by atoms with Crippen LogP contribution in [0.15, 0.2) is 77.9 Å². The summed E-state index contributed by atoms with van der Waals surface area (Å²) >= 11 is 0. The normalized spacial score (nSPS) is 11.4. The third-order valence-electron chi connectivity index (χ3n) is 5.96. The molecule has 0 unspecified atom stereocenters. The lowest BCUT2D eigenvalue weighted by Gasteiger charge is -2.26. The number of ether oxygens (including phenoxy) is 2. The zero-order valence-corrected chi connectivity index (χ0v) is 21.3. The van der Waals surface area contributed by atoms with Crippen molar-refractivity contribution in [2.75, 3.05) is 6.61 Å². The quantitative estimate of drug-likeness (QED) is 0.325. The number of nitrogens with zero attached hydrogens (tertiary/aromatic N) is 3. The maximum absolute atomic E-state index is 13.1. The number of esters is 1. The summed E-state index contributed by atoms with van der Waals surface area (Å²) in [6, 6.07) is 21.8. The van der Waals surface area contributed by atoms with E-state index in [9.17, 15) is 9.59 Å². The molecule has 7 nitrogen and oxygen atoms in total. The zero-order valence-electron chi connectivity index (χ0n) is 21.3. The SMILES string of the molecule is CCOC(=O)C(C)(C)Oc1c(C)cc(Cn2ncn(-c3ccc(-c4ccccc4)cc3)c2=O)cc1C. The monoisotopic (exact) mass is 485 g/mol. The number of hydrogen-bond donors (Lipinski definition) is 0. The van der Waals surface area contributed by atoms with Gasteiger partial charge in [-0.3, -0.25) is 0 Å². The first-order chi connectivity index (χ1) is 17.2. The molecule has 3 aromatic carbocycles. The summed E-state index contributed by atoms with van der Waals surface area (Å²) in [6.45, 7) is 9.60. The van der Waals surface area contributed by atoms with Crippen LogP contribution in [0.1, 0.15) is 37.5 Å². The number of aromatic nitrogens is 3. The van der Waals surface area contributed by atoms with Crippen LogP contribution >= 0.6 is 0 Å². The Hall–Kier alpha value is -4.13. The molecule has 0 aliphatic heterocycles. The third-order valence-corrected chi connectivity index (χ3v) is 5.96. The van der Waals surface area contributed by atoms with Gasteiger partial charge < -0.3 is 9.47 Å². The molecule has 4 aromatic rings.